The minimum atomic E-state index is -0.235. The number of halogens is 1. The predicted molar refractivity (Wildman–Crippen MR) is 77.1 cm³/mol. The van der Waals surface area contributed by atoms with E-state index in [0.29, 0.717) is 11.6 Å². The summed E-state index contributed by atoms with van der Waals surface area (Å²) in [6, 6.07) is 7.48. The lowest BCUT2D eigenvalue weighted by atomic mass is 10.1. The summed E-state index contributed by atoms with van der Waals surface area (Å²) in [7, 11) is 3.34. The summed E-state index contributed by atoms with van der Waals surface area (Å²) in [6.07, 6.45) is 0.0514. The Hall–Kier alpha value is -1.10. The number of hydrogen-bond donors (Lipinski definition) is 1. The molecule has 0 spiro atoms. The van der Waals surface area contributed by atoms with E-state index >= 15 is 0 Å². The van der Waals surface area contributed by atoms with Crippen LogP contribution in [0.4, 0.5) is 0 Å². The van der Waals surface area contributed by atoms with E-state index in [-0.39, 0.29) is 24.5 Å². The summed E-state index contributed by atoms with van der Waals surface area (Å²) in [4.78, 5) is 13.8. The van der Waals surface area contributed by atoms with Gasteiger partial charge in [0.15, 0.2) is 0 Å². The van der Waals surface area contributed by atoms with Crippen LogP contribution in [0.1, 0.15) is 24.9 Å². The molecule has 2 atom stereocenters. The van der Waals surface area contributed by atoms with Crippen molar-refractivity contribution in [1.82, 2.24) is 4.90 Å². The Morgan fingerprint density at radius 1 is 1.53 bits per heavy atom. The fraction of sp³-hybridized carbons (Fsp3) is 0.500. The number of ether oxygens (including phenoxy) is 1. The number of nitrogens with two attached hydrogens (primary N) is 1. The van der Waals surface area contributed by atoms with Gasteiger partial charge >= 0.3 is 0 Å². The molecule has 5 heteroatoms. The number of carbonyl (C=O) groups is 1. The first-order valence-corrected chi connectivity index (χ1v) is 6.61. The highest BCUT2D eigenvalue weighted by Gasteiger charge is 2.20. The Morgan fingerprint density at radius 2 is 2.21 bits per heavy atom. The van der Waals surface area contributed by atoms with Gasteiger partial charge in [-0.05, 0) is 24.6 Å². The van der Waals surface area contributed by atoms with Gasteiger partial charge in [-0.25, -0.2) is 0 Å². The zero-order valence-corrected chi connectivity index (χ0v) is 12.4. The first-order chi connectivity index (χ1) is 8.99. The SMILES string of the molecule is COC(CN)CC(=O)N(C)C(C)c1cccc(Cl)c1. The summed E-state index contributed by atoms with van der Waals surface area (Å²) in [5, 5.41) is 0.668. The average Bonchev–Trinajstić information content (AvgIpc) is 2.42. The number of benzene rings is 1. The van der Waals surface area contributed by atoms with Gasteiger partial charge in [0.1, 0.15) is 0 Å². The first kappa shape index (κ1) is 16.0. The lowest BCUT2D eigenvalue weighted by Crippen LogP contribution is -2.35. The first-order valence-electron chi connectivity index (χ1n) is 6.23. The minimum absolute atomic E-state index is 0.00442. The van der Waals surface area contributed by atoms with Crippen molar-refractivity contribution in [3.8, 4) is 0 Å². The van der Waals surface area contributed by atoms with Crippen LogP contribution >= 0.6 is 11.6 Å². The van der Waals surface area contributed by atoms with Crippen molar-refractivity contribution in [2.24, 2.45) is 5.73 Å². The second-order valence-electron chi connectivity index (χ2n) is 4.53. The van der Waals surface area contributed by atoms with Crippen LogP contribution in [0, 0.1) is 0 Å². The number of rotatable bonds is 6. The molecule has 0 aliphatic rings. The smallest absolute Gasteiger partial charge is 0.225 e. The van der Waals surface area contributed by atoms with Gasteiger partial charge in [0.25, 0.3) is 0 Å². The molecular weight excluding hydrogens is 264 g/mol. The molecule has 2 N–H and O–H groups in total. The quantitative estimate of drug-likeness (QED) is 0.871. The predicted octanol–water partition coefficient (Wildman–Crippen LogP) is 2.22. The van der Waals surface area contributed by atoms with Gasteiger partial charge in [0, 0.05) is 25.7 Å². The summed E-state index contributed by atoms with van der Waals surface area (Å²) in [5.41, 5.74) is 6.53. The van der Waals surface area contributed by atoms with E-state index < -0.39 is 0 Å². The number of nitrogens with zero attached hydrogens (tertiary/aromatic N) is 1. The van der Waals surface area contributed by atoms with E-state index in [0.717, 1.165) is 5.56 Å². The van der Waals surface area contributed by atoms with Crippen LogP contribution in [-0.4, -0.2) is 37.6 Å². The third-order valence-electron chi connectivity index (χ3n) is 3.30. The highest BCUT2D eigenvalue weighted by atomic mass is 35.5. The fourth-order valence-corrected chi connectivity index (χ4v) is 2.01. The van der Waals surface area contributed by atoms with Gasteiger partial charge in [0.2, 0.25) is 5.91 Å². The molecule has 1 aromatic rings. The van der Waals surface area contributed by atoms with Gasteiger partial charge in [-0.1, -0.05) is 23.7 Å². The minimum Gasteiger partial charge on any atom is -0.380 e. The number of hydrogen-bond acceptors (Lipinski definition) is 3. The lowest BCUT2D eigenvalue weighted by Gasteiger charge is -2.27. The second kappa shape index (κ2) is 7.48. The fourth-order valence-electron chi connectivity index (χ4n) is 1.81. The zero-order chi connectivity index (χ0) is 14.4. The van der Waals surface area contributed by atoms with Gasteiger partial charge < -0.3 is 15.4 Å². The van der Waals surface area contributed by atoms with Gasteiger partial charge in [0.05, 0.1) is 18.6 Å². The van der Waals surface area contributed by atoms with E-state index in [1.807, 2.05) is 31.2 Å². The monoisotopic (exact) mass is 284 g/mol. The van der Waals surface area contributed by atoms with Gasteiger partial charge in [-0.3, -0.25) is 4.79 Å². The maximum atomic E-state index is 12.1. The van der Waals surface area contributed by atoms with Crippen LogP contribution in [0.5, 0.6) is 0 Å². The molecule has 1 amide bonds. The third-order valence-corrected chi connectivity index (χ3v) is 3.54. The van der Waals surface area contributed by atoms with E-state index in [4.69, 9.17) is 22.1 Å². The molecule has 0 heterocycles. The molecule has 0 radical (unpaired) electrons. The third kappa shape index (κ3) is 4.49. The Kier molecular flexibility index (Phi) is 6.28. The molecule has 2 unspecified atom stereocenters. The van der Waals surface area contributed by atoms with Crippen LogP contribution in [0.15, 0.2) is 24.3 Å². The molecule has 1 aromatic carbocycles. The molecule has 1 rings (SSSR count). The van der Waals surface area contributed by atoms with Crippen molar-refractivity contribution in [3.63, 3.8) is 0 Å². The second-order valence-corrected chi connectivity index (χ2v) is 4.97. The summed E-state index contributed by atoms with van der Waals surface area (Å²) in [6.45, 7) is 2.30. The summed E-state index contributed by atoms with van der Waals surface area (Å²) in [5.74, 6) is 0.00442. The van der Waals surface area contributed by atoms with E-state index in [1.54, 1.807) is 19.1 Å². The molecule has 19 heavy (non-hydrogen) atoms. The molecule has 0 saturated carbocycles. The topological polar surface area (TPSA) is 55.6 Å². The van der Waals surface area contributed by atoms with Crippen LogP contribution in [0.3, 0.4) is 0 Å². The molecular formula is C14H21ClN2O2. The van der Waals surface area contributed by atoms with E-state index in [9.17, 15) is 4.79 Å². The van der Waals surface area contributed by atoms with Crippen LogP contribution in [0.25, 0.3) is 0 Å². The Morgan fingerprint density at radius 3 is 2.74 bits per heavy atom. The average molecular weight is 285 g/mol. The van der Waals surface area contributed by atoms with E-state index in [1.165, 1.54) is 0 Å². The zero-order valence-electron chi connectivity index (χ0n) is 11.6. The van der Waals surface area contributed by atoms with Crippen molar-refractivity contribution in [2.45, 2.75) is 25.5 Å². The molecule has 0 saturated heterocycles. The molecule has 0 aliphatic heterocycles. The largest absolute Gasteiger partial charge is 0.380 e. The van der Waals surface area contributed by atoms with Crippen molar-refractivity contribution < 1.29 is 9.53 Å². The highest BCUT2D eigenvalue weighted by Crippen LogP contribution is 2.22. The molecule has 106 valence electrons. The Labute approximate surface area is 119 Å². The Bertz CT molecular complexity index is 422. The van der Waals surface area contributed by atoms with Crippen molar-refractivity contribution in [1.29, 1.82) is 0 Å². The number of methoxy groups -OCH3 is 1. The maximum Gasteiger partial charge on any atom is 0.225 e. The van der Waals surface area contributed by atoms with Gasteiger partial charge in [-0.15, -0.1) is 0 Å². The van der Waals surface area contributed by atoms with Crippen LogP contribution in [0.2, 0.25) is 5.02 Å². The summed E-state index contributed by atoms with van der Waals surface area (Å²) >= 11 is 5.96. The number of amides is 1. The standard InChI is InChI=1S/C14H21ClN2O2/c1-10(11-5-4-6-12(15)7-11)17(2)14(18)8-13(9-16)19-3/h4-7,10,13H,8-9,16H2,1-3H3. The molecule has 0 fully saturated rings. The van der Waals surface area contributed by atoms with Crippen molar-refractivity contribution in [3.05, 3.63) is 34.9 Å². The van der Waals surface area contributed by atoms with Crippen LogP contribution < -0.4 is 5.73 Å². The van der Waals surface area contributed by atoms with Crippen molar-refractivity contribution >= 4 is 17.5 Å². The highest BCUT2D eigenvalue weighted by molar-refractivity contribution is 6.30. The number of carbonyl (C=O) groups excluding carboxylic acids is 1. The van der Waals surface area contributed by atoms with Gasteiger partial charge in [-0.2, -0.15) is 0 Å². The lowest BCUT2D eigenvalue weighted by molar-refractivity contribution is -0.134. The van der Waals surface area contributed by atoms with E-state index in [2.05, 4.69) is 0 Å². The van der Waals surface area contributed by atoms with Crippen molar-refractivity contribution in [2.75, 3.05) is 20.7 Å². The molecule has 0 aliphatic carbocycles. The molecule has 0 aromatic heterocycles. The molecule has 4 nitrogen and oxygen atoms in total. The normalized spacial score (nSPS) is 13.9. The maximum absolute atomic E-state index is 12.1. The molecule has 0 bridgehead atoms. The summed E-state index contributed by atoms with van der Waals surface area (Å²) < 4.78 is 5.13. The Balaban J connectivity index is 2.71. The van der Waals surface area contributed by atoms with Crippen LogP contribution in [-0.2, 0) is 9.53 Å².